The Kier molecular flexibility index (Phi) is 7.38. The minimum absolute atomic E-state index is 0.224. The molecule has 0 aromatic heterocycles. The van der Waals surface area contributed by atoms with Gasteiger partial charge < -0.3 is 9.64 Å². The van der Waals surface area contributed by atoms with E-state index in [9.17, 15) is 9.59 Å². The molecule has 2 heterocycles. The number of hydrogen-bond donors (Lipinski definition) is 0. The summed E-state index contributed by atoms with van der Waals surface area (Å²) in [5.74, 6) is -0.287. The van der Waals surface area contributed by atoms with Crippen molar-refractivity contribution in [1.82, 2.24) is 9.80 Å². The van der Waals surface area contributed by atoms with E-state index >= 15 is 0 Å². The first-order chi connectivity index (χ1) is 18.8. The molecule has 3 aromatic rings. The lowest BCUT2D eigenvalue weighted by molar-refractivity contribution is -0.127. The molecule has 1 atom stereocenters. The first-order valence-electron chi connectivity index (χ1n) is 13.5. The number of piperidine rings is 1. The number of ether oxygens (including phenoxy) is 1. The Morgan fingerprint density at radius 1 is 0.872 bits per heavy atom. The maximum atomic E-state index is 13.3. The van der Waals surface area contributed by atoms with E-state index in [0.29, 0.717) is 31.5 Å². The summed E-state index contributed by atoms with van der Waals surface area (Å²) in [5, 5.41) is 0. The van der Waals surface area contributed by atoms with Crippen molar-refractivity contribution in [2.45, 2.75) is 50.8 Å². The number of likely N-dealkylation sites (tertiary alicyclic amines) is 1. The monoisotopic (exact) mass is 521 g/mol. The standard InChI is InChI=1S/C33H35N3O3/c1-32(2,3)39-31(38)36-21-13-14-25(30(36)37)22-29-23-35(24-34-29)33(26-15-7-4-8-16-26,27-17-9-5-10-18-27)28-19-11-6-12-20-28/h4-12,15-20,22,24,29H,13-14,21,23H2,1-3H3/b25-22+. The lowest BCUT2D eigenvalue weighted by Gasteiger charge is -2.43. The number of carbonyl (C=O) groups excluding carboxylic acids is 2. The van der Waals surface area contributed by atoms with Crippen LogP contribution < -0.4 is 0 Å². The molecular formula is C33H35N3O3. The number of amides is 2. The number of benzene rings is 3. The van der Waals surface area contributed by atoms with Gasteiger partial charge in [-0.2, -0.15) is 0 Å². The summed E-state index contributed by atoms with van der Waals surface area (Å²) in [6.07, 6.45) is 4.57. The van der Waals surface area contributed by atoms with E-state index in [4.69, 9.17) is 9.73 Å². The van der Waals surface area contributed by atoms with Gasteiger partial charge in [0.2, 0.25) is 0 Å². The van der Waals surface area contributed by atoms with E-state index in [1.54, 1.807) is 20.8 Å². The summed E-state index contributed by atoms with van der Waals surface area (Å²) in [7, 11) is 0. The molecule has 0 bridgehead atoms. The normalized spacial score (nSPS) is 19.0. The minimum atomic E-state index is -0.662. The molecule has 0 aliphatic carbocycles. The Balaban J connectivity index is 1.49. The van der Waals surface area contributed by atoms with Gasteiger partial charge in [-0.15, -0.1) is 0 Å². The van der Waals surface area contributed by atoms with Crippen molar-refractivity contribution in [3.05, 3.63) is 119 Å². The zero-order valence-corrected chi connectivity index (χ0v) is 22.8. The topological polar surface area (TPSA) is 62.2 Å². The fourth-order valence-electron chi connectivity index (χ4n) is 5.50. The summed E-state index contributed by atoms with van der Waals surface area (Å²) in [5.41, 5.74) is 2.73. The first-order valence-corrected chi connectivity index (χ1v) is 13.5. The van der Waals surface area contributed by atoms with Crippen molar-refractivity contribution in [2.75, 3.05) is 13.1 Å². The van der Waals surface area contributed by atoms with Gasteiger partial charge in [-0.25, -0.2) is 9.69 Å². The summed E-state index contributed by atoms with van der Waals surface area (Å²) >= 11 is 0. The number of imide groups is 1. The Labute approximate surface area is 230 Å². The van der Waals surface area contributed by atoms with Crippen molar-refractivity contribution >= 4 is 18.3 Å². The molecule has 1 saturated heterocycles. The lowest BCUT2D eigenvalue weighted by Crippen LogP contribution is -2.47. The highest BCUT2D eigenvalue weighted by Crippen LogP contribution is 2.43. The van der Waals surface area contributed by atoms with Gasteiger partial charge in [0, 0.05) is 18.7 Å². The molecule has 1 fully saturated rings. The average Bonchev–Trinajstić information content (AvgIpc) is 3.40. The maximum Gasteiger partial charge on any atom is 0.417 e. The highest BCUT2D eigenvalue weighted by Gasteiger charge is 2.43. The summed E-state index contributed by atoms with van der Waals surface area (Å²) in [4.78, 5) is 34.3. The molecule has 2 amide bonds. The Morgan fingerprint density at radius 2 is 1.38 bits per heavy atom. The van der Waals surface area contributed by atoms with Crippen LogP contribution in [0.4, 0.5) is 4.79 Å². The van der Waals surface area contributed by atoms with Crippen LogP contribution in [0.25, 0.3) is 0 Å². The van der Waals surface area contributed by atoms with Gasteiger partial charge in [0.05, 0.1) is 12.4 Å². The van der Waals surface area contributed by atoms with E-state index in [-0.39, 0.29) is 11.9 Å². The third-order valence-electron chi connectivity index (χ3n) is 7.14. The van der Waals surface area contributed by atoms with Crippen LogP contribution in [0.3, 0.4) is 0 Å². The zero-order chi connectivity index (χ0) is 27.5. The predicted octanol–water partition coefficient (Wildman–Crippen LogP) is 6.17. The number of rotatable bonds is 5. The third-order valence-corrected chi connectivity index (χ3v) is 7.14. The highest BCUT2D eigenvalue weighted by molar-refractivity contribution is 6.03. The molecule has 2 aliphatic heterocycles. The van der Waals surface area contributed by atoms with Gasteiger partial charge in [-0.1, -0.05) is 91.0 Å². The van der Waals surface area contributed by atoms with Crippen LogP contribution in [0.5, 0.6) is 0 Å². The molecule has 6 heteroatoms. The smallest absolute Gasteiger partial charge is 0.417 e. The number of nitrogens with zero attached hydrogens (tertiary/aromatic N) is 3. The largest absolute Gasteiger partial charge is 0.443 e. The molecule has 3 aromatic carbocycles. The van der Waals surface area contributed by atoms with Gasteiger partial charge in [-0.05, 0) is 56.4 Å². The van der Waals surface area contributed by atoms with Crippen LogP contribution in [0.1, 0.15) is 50.3 Å². The number of aliphatic imine (C=N–C) groups is 1. The molecule has 0 spiro atoms. The predicted molar refractivity (Wildman–Crippen MR) is 153 cm³/mol. The molecule has 1 unspecified atom stereocenters. The molecule has 2 aliphatic rings. The second-order valence-electron chi connectivity index (χ2n) is 11.0. The third kappa shape index (κ3) is 5.37. The molecule has 0 radical (unpaired) electrons. The second kappa shape index (κ2) is 10.9. The van der Waals surface area contributed by atoms with Gasteiger partial charge in [0.25, 0.3) is 5.91 Å². The molecule has 6 nitrogen and oxygen atoms in total. The minimum Gasteiger partial charge on any atom is -0.443 e. The van der Waals surface area contributed by atoms with E-state index < -0.39 is 17.2 Å². The fraction of sp³-hybridized carbons (Fsp3) is 0.303. The quantitative estimate of drug-likeness (QED) is 0.297. The van der Waals surface area contributed by atoms with Crippen molar-refractivity contribution in [3.8, 4) is 0 Å². The Morgan fingerprint density at radius 3 is 1.87 bits per heavy atom. The van der Waals surface area contributed by atoms with Crippen LogP contribution in [0.15, 0.2) is 108 Å². The zero-order valence-electron chi connectivity index (χ0n) is 22.8. The molecule has 5 rings (SSSR count). The van der Waals surface area contributed by atoms with Crippen molar-refractivity contribution < 1.29 is 14.3 Å². The summed E-state index contributed by atoms with van der Waals surface area (Å²) in [6.45, 7) is 6.36. The molecule has 39 heavy (non-hydrogen) atoms. The fourth-order valence-corrected chi connectivity index (χ4v) is 5.50. The van der Waals surface area contributed by atoms with Gasteiger partial charge in [-0.3, -0.25) is 9.79 Å². The first kappa shape index (κ1) is 26.4. The van der Waals surface area contributed by atoms with Crippen LogP contribution in [-0.2, 0) is 15.1 Å². The van der Waals surface area contributed by atoms with E-state index in [1.807, 2.05) is 30.6 Å². The van der Waals surface area contributed by atoms with Crippen LogP contribution in [0.2, 0.25) is 0 Å². The molecular weight excluding hydrogens is 486 g/mol. The SMILES string of the molecule is CC(C)(C)OC(=O)N1CCC/C(=C\C2CN(C(c3ccccc3)(c3ccccc3)c3ccccc3)C=N2)C1=O. The number of carbonyl (C=O) groups is 2. The maximum absolute atomic E-state index is 13.3. The van der Waals surface area contributed by atoms with Crippen molar-refractivity contribution in [1.29, 1.82) is 0 Å². The molecule has 0 N–H and O–H groups in total. The van der Waals surface area contributed by atoms with Gasteiger partial charge >= 0.3 is 6.09 Å². The van der Waals surface area contributed by atoms with Gasteiger partial charge in [0.15, 0.2) is 0 Å². The van der Waals surface area contributed by atoms with Crippen molar-refractivity contribution in [3.63, 3.8) is 0 Å². The lowest BCUT2D eigenvalue weighted by atomic mass is 9.75. The van der Waals surface area contributed by atoms with E-state index in [0.717, 1.165) is 16.7 Å². The van der Waals surface area contributed by atoms with Crippen molar-refractivity contribution in [2.24, 2.45) is 4.99 Å². The Hall–Kier alpha value is -4.19. The molecule has 200 valence electrons. The summed E-state index contributed by atoms with van der Waals surface area (Å²) in [6, 6.07) is 31.2. The van der Waals surface area contributed by atoms with Crippen LogP contribution in [0, 0.1) is 0 Å². The highest BCUT2D eigenvalue weighted by atomic mass is 16.6. The molecule has 0 saturated carbocycles. The number of hydrogen-bond acceptors (Lipinski definition) is 5. The summed E-state index contributed by atoms with van der Waals surface area (Å²) < 4.78 is 5.48. The average molecular weight is 522 g/mol. The second-order valence-corrected chi connectivity index (χ2v) is 11.0. The Bertz CT molecular complexity index is 1260. The van der Waals surface area contributed by atoms with E-state index in [1.165, 1.54) is 4.90 Å². The van der Waals surface area contributed by atoms with E-state index in [2.05, 4.69) is 77.7 Å². The van der Waals surface area contributed by atoms with Gasteiger partial charge in [0.1, 0.15) is 11.1 Å². The van der Waals surface area contributed by atoms with Crippen LogP contribution >= 0.6 is 0 Å². The van der Waals surface area contributed by atoms with Crippen LogP contribution in [-0.4, -0.2) is 52.9 Å².